The van der Waals surface area contributed by atoms with E-state index in [0.717, 1.165) is 11.1 Å². The van der Waals surface area contributed by atoms with E-state index >= 15 is 0 Å². The minimum atomic E-state index is -0.620. The van der Waals surface area contributed by atoms with E-state index in [1.807, 2.05) is 30.3 Å². The third-order valence-corrected chi connectivity index (χ3v) is 6.10. The highest BCUT2D eigenvalue weighted by Crippen LogP contribution is 2.32. The number of nitrogens with zero attached hydrogens (tertiary/aromatic N) is 2. The quantitative estimate of drug-likeness (QED) is 0.551. The Kier molecular flexibility index (Phi) is 6.20. The molecule has 2 N–H and O–H groups in total. The first kappa shape index (κ1) is 21.3. The zero-order chi connectivity index (χ0) is 22.0. The van der Waals surface area contributed by atoms with Crippen molar-refractivity contribution >= 4 is 27.7 Å². The second-order valence-electron chi connectivity index (χ2n) is 7.34. The lowest BCUT2D eigenvalue weighted by Crippen LogP contribution is -2.40. The molecule has 3 aromatic rings. The first-order valence-corrected chi connectivity index (χ1v) is 10.6. The highest BCUT2D eigenvalue weighted by molar-refractivity contribution is 9.10. The van der Waals surface area contributed by atoms with Gasteiger partial charge in [0.2, 0.25) is 0 Å². The van der Waals surface area contributed by atoms with Crippen LogP contribution in [0.1, 0.15) is 37.5 Å². The van der Waals surface area contributed by atoms with Gasteiger partial charge in [-0.05, 0) is 39.2 Å². The van der Waals surface area contributed by atoms with Crippen molar-refractivity contribution in [3.05, 3.63) is 93.0 Å². The highest BCUT2D eigenvalue weighted by atomic mass is 79.9. The number of carbonyl (C=O) groups is 2. The Morgan fingerprint density at radius 1 is 1.03 bits per heavy atom. The van der Waals surface area contributed by atoms with Crippen LogP contribution in [0.2, 0.25) is 0 Å². The number of hydrogen-bond donors (Lipinski definition) is 1. The van der Waals surface area contributed by atoms with E-state index < -0.39 is 5.91 Å². The molecule has 8 heteroatoms. The molecule has 0 atom stereocenters. The topological polar surface area (TPSA) is 77.6 Å². The first-order chi connectivity index (χ1) is 15.0. The minimum Gasteiger partial charge on any atom is -0.372 e. The van der Waals surface area contributed by atoms with Crippen LogP contribution in [0.25, 0.3) is 0 Å². The second kappa shape index (κ2) is 9.03. The molecular formula is C23H21BrFN3O3. The lowest BCUT2D eigenvalue weighted by Gasteiger charge is -2.29. The maximum absolute atomic E-state index is 13.3. The molecule has 1 aliphatic rings. The van der Waals surface area contributed by atoms with Gasteiger partial charge in [0.05, 0.1) is 23.4 Å². The van der Waals surface area contributed by atoms with Gasteiger partial charge in [-0.15, -0.1) is 0 Å². The summed E-state index contributed by atoms with van der Waals surface area (Å²) in [5, 5.41) is 0. The molecule has 1 aliphatic heterocycles. The smallest absolute Gasteiger partial charge is 0.271 e. The largest absolute Gasteiger partial charge is 0.372 e. The van der Waals surface area contributed by atoms with Crippen LogP contribution in [0.15, 0.2) is 59.2 Å². The number of primary amides is 1. The Morgan fingerprint density at radius 3 is 2.42 bits per heavy atom. The number of halogens is 2. The van der Waals surface area contributed by atoms with Crippen molar-refractivity contribution in [2.75, 3.05) is 6.54 Å². The fourth-order valence-electron chi connectivity index (χ4n) is 3.76. The van der Waals surface area contributed by atoms with E-state index in [4.69, 9.17) is 10.5 Å². The van der Waals surface area contributed by atoms with Crippen LogP contribution in [-0.4, -0.2) is 27.8 Å². The Labute approximate surface area is 187 Å². The zero-order valence-electron chi connectivity index (χ0n) is 16.7. The molecule has 2 amide bonds. The fraction of sp³-hybridized carbons (Fsp3) is 0.217. The minimum absolute atomic E-state index is 0.0736. The average molecular weight is 486 g/mol. The molecule has 0 unspecified atom stereocenters. The van der Waals surface area contributed by atoms with E-state index in [9.17, 15) is 14.0 Å². The van der Waals surface area contributed by atoms with Crippen LogP contribution in [0.3, 0.4) is 0 Å². The zero-order valence-corrected chi connectivity index (χ0v) is 18.3. The summed E-state index contributed by atoms with van der Waals surface area (Å²) in [7, 11) is 0. The SMILES string of the molecule is NC(=O)c1c(COCc2ccccc2)c2n(c1Br)CCN(Cc1ccc(F)cc1)C2=O. The molecular weight excluding hydrogens is 465 g/mol. The van der Waals surface area contributed by atoms with Gasteiger partial charge in [0.15, 0.2) is 0 Å². The highest BCUT2D eigenvalue weighted by Gasteiger charge is 2.34. The van der Waals surface area contributed by atoms with Crippen LogP contribution in [0, 0.1) is 5.82 Å². The monoisotopic (exact) mass is 485 g/mol. The summed E-state index contributed by atoms with van der Waals surface area (Å²) in [4.78, 5) is 27.2. The van der Waals surface area contributed by atoms with E-state index in [-0.39, 0.29) is 23.9 Å². The van der Waals surface area contributed by atoms with E-state index in [0.29, 0.717) is 42.1 Å². The first-order valence-electron chi connectivity index (χ1n) is 9.81. The molecule has 1 aromatic heterocycles. The van der Waals surface area contributed by atoms with Gasteiger partial charge in [-0.1, -0.05) is 42.5 Å². The van der Waals surface area contributed by atoms with Gasteiger partial charge in [-0.3, -0.25) is 9.59 Å². The fourth-order valence-corrected chi connectivity index (χ4v) is 4.55. The van der Waals surface area contributed by atoms with Crippen molar-refractivity contribution in [1.29, 1.82) is 0 Å². The molecule has 160 valence electrons. The van der Waals surface area contributed by atoms with Crippen molar-refractivity contribution in [2.45, 2.75) is 26.3 Å². The number of aromatic nitrogens is 1. The van der Waals surface area contributed by atoms with Crippen molar-refractivity contribution < 1.29 is 18.7 Å². The molecule has 0 saturated carbocycles. The number of amides is 2. The van der Waals surface area contributed by atoms with Crippen molar-refractivity contribution in [2.24, 2.45) is 5.73 Å². The number of fused-ring (bicyclic) bond motifs is 1. The molecule has 0 bridgehead atoms. The molecule has 0 radical (unpaired) electrons. The summed E-state index contributed by atoms with van der Waals surface area (Å²) in [6, 6.07) is 15.7. The molecule has 0 aliphatic carbocycles. The van der Waals surface area contributed by atoms with Gasteiger partial charge in [0.25, 0.3) is 11.8 Å². The van der Waals surface area contributed by atoms with Gasteiger partial charge in [0.1, 0.15) is 11.5 Å². The van der Waals surface area contributed by atoms with Crippen molar-refractivity contribution in [1.82, 2.24) is 9.47 Å². The molecule has 6 nitrogen and oxygen atoms in total. The van der Waals surface area contributed by atoms with Crippen LogP contribution in [0.4, 0.5) is 4.39 Å². The third-order valence-electron chi connectivity index (χ3n) is 5.28. The number of hydrogen-bond acceptors (Lipinski definition) is 3. The van der Waals surface area contributed by atoms with Crippen molar-refractivity contribution in [3.8, 4) is 0 Å². The Balaban J connectivity index is 1.60. The van der Waals surface area contributed by atoms with Gasteiger partial charge < -0.3 is 19.9 Å². The van der Waals surface area contributed by atoms with Crippen molar-refractivity contribution in [3.63, 3.8) is 0 Å². The number of rotatable bonds is 7. The summed E-state index contributed by atoms with van der Waals surface area (Å²) in [5.74, 6) is -1.16. The van der Waals surface area contributed by atoms with Crippen LogP contribution in [-0.2, 0) is 31.0 Å². The van der Waals surface area contributed by atoms with Gasteiger partial charge >= 0.3 is 0 Å². The number of ether oxygens (including phenoxy) is 1. The summed E-state index contributed by atoms with van der Waals surface area (Å²) in [6.07, 6.45) is 0. The van der Waals surface area contributed by atoms with Crippen LogP contribution in [0.5, 0.6) is 0 Å². The molecule has 2 aromatic carbocycles. The Morgan fingerprint density at radius 2 is 1.74 bits per heavy atom. The predicted octanol–water partition coefficient (Wildman–Crippen LogP) is 3.86. The molecule has 0 spiro atoms. The van der Waals surface area contributed by atoms with Crippen LogP contribution >= 0.6 is 15.9 Å². The lowest BCUT2D eigenvalue weighted by molar-refractivity contribution is 0.0674. The van der Waals surface area contributed by atoms with Gasteiger partial charge in [-0.25, -0.2) is 4.39 Å². The Hall–Kier alpha value is -2.97. The molecule has 4 rings (SSSR count). The molecule has 2 heterocycles. The van der Waals surface area contributed by atoms with E-state index in [1.165, 1.54) is 12.1 Å². The molecule has 0 saturated heterocycles. The molecule has 0 fully saturated rings. The van der Waals surface area contributed by atoms with E-state index in [2.05, 4.69) is 15.9 Å². The summed E-state index contributed by atoms with van der Waals surface area (Å²) >= 11 is 3.44. The van der Waals surface area contributed by atoms with E-state index in [1.54, 1.807) is 21.6 Å². The second-order valence-corrected chi connectivity index (χ2v) is 8.09. The van der Waals surface area contributed by atoms with Gasteiger partial charge in [-0.2, -0.15) is 0 Å². The normalized spacial score (nSPS) is 13.4. The average Bonchev–Trinajstić information content (AvgIpc) is 3.05. The molecule has 31 heavy (non-hydrogen) atoms. The van der Waals surface area contributed by atoms with Crippen LogP contribution < -0.4 is 5.73 Å². The summed E-state index contributed by atoms with van der Waals surface area (Å²) in [5.41, 5.74) is 8.57. The maximum atomic E-state index is 13.3. The van der Waals surface area contributed by atoms with Gasteiger partial charge in [0, 0.05) is 25.2 Å². The lowest BCUT2D eigenvalue weighted by atomic mass is 10.1. The maximum Gasteiger partial charge on any atom is 0.271 e. The standard InChI is InChI=1S/C23H21BrFN3O3/c24-21-19(22(26)29)18(14-31-13-16-4-2-1-3-5-16)20-23(30)27(10-11-28(20)21)12-15-6-8-17(25)9-7-15/h1-9H,10-14H2,(H2,26,29). The number of benzene rings is 2. The number of carbonyl (C=O) groups excluding carboxylic acids is 2. The summed E-state index contributed by atoms with van der Waals surface area (Å²) < 4.78 is 21.3. The summed E-state index contributed by atoms with van der Waals surface area (Å²) in [6.45, 7) is 1.72. The predicted molar refractivity (Wildman–Crippen MR) is 117 cm³/mol. The Bertz CT molecular complexity index is 1110. The number of nitrogens with two attached hydrogens (primary N) is 1. The third kappa shape index (κ3) is 4.40.